The molecule has 0 spiro atoms. The fourth-order valence-corrected chi connectivity index (χ4v) is 3.80. The second kappa shape index (κ2) is 9.75. The number of hydrogen-bond donors (Lipinski definition) is 1. The van der Waals surface area contributed by atoms with Crippen LogP contribution in [0.2, 0.25) is 5.02 Å². The standard InChI is InChI=1S/C21H23ClN4OS/c1-3-7-18(15-8-5-4-6-9-15)23-19(27)14-28-21-25-24-20(26(21)2)16-10-12-17(22)13-11-16/h4-6,8-13,18H,3,7,14H2,1-2H3,(H,23,27)/t18-/m0/s1. The molecule has 3 rings (SSSR count). The van der Waals surface area contributed by atoms with Gasteiger partial charge >= 0.3 is 0 Å². The molecular formula is C21H23ClN4OS. The van der Waals surface area contributed by atoms with E-state index in [9.17, 15) is 4.79 Å². The lowest BCUT2D eigenvalue weighted by Crippen LogP contribution is -2.30. The number of thioether (sulfide) groups is 1. The second-order valence-electron chi connectivity index (χ2n) is 6.48. The van der Waals surface area contributed by atoms with E-state index in [0.29, 0.717) is 15.9 Å². The number of halogens is 1. The lowest BCUT2D eigenvalue weighted by atomic mass is 10.0. The van der Waals surface area contributed by atoms with Crippen molar-refractivity contribution >= 4 is 29.3 Å². The van der Waals surface area contributed by atoms with E-state index in [2.05, 4.69) is 34.6 Å². The van der Waals surface area contributed by atoms with Crippen molar-refractivity contribution in [1.82, 2.24) is 20.1 Å². The summed E-state index contributed by atoms with van der Waals surface area (Å²) in [7, 11) is 1.90. The van der Waals surface area contributed by atoms with Crippen LogP contribution in [0.5, 0.6) is 0 Å². The molecule has 5 nitrogen and oxygen atoms in total. The first-order valence-electron chi connectivity index (χ1n) is 9.21. The molecular weight excluding hydrogens is 392 g/mol. The monoisotopic (exact) mass is 414 g/mol. The van der Waals surface area contributed by atoms with E-state index in [0.717, 1.165) is 29.8 Å². The lowest BCUT2D eigenvalue weighted by molar-refractivity contribution is -0.119. The molecule has 28 heavy (non-hydrogen) atoms. The molecule has 1 N–H and O–H groups in total. The normalized spacial score (nSPS) is 12.0. The van der Waals surface area contributed by atoms with Gasteiger partial charge in [0.25, 0.3) is 0 Å². The summed E-state index contributed by atoms with van der Waals surface area (Å²) in [6.45, 7) is 2.12. The Morgan fingerprint density at radius 2 is 1.86 bits per heavy atom. The Morgan fingerprint density at radius 3 is 2.54 bits per heavy atom. The SMILES string of the molecule is CCC[C@H](NC(=O)CSc1nnc(-c2ccc(Cl)cc2)n1C)c1ccccc1. The van der Waals surface area contributed by atoms with Crippen LogP contribution in [-0.2, 0) is 11.8 Å². The molecule has 0 saturated carbocycles. The maximum Gasteiger partial charge on any atom is 0.230 e. The van der Waals surface area contributed by atoms with Crippen molar-refractivity contribution in [3.05, 3.63) is 65.2 Å². The first-order valence-corrected chi connectivity index (χ1v) is 10.6. The summed E-state index contributed by atoms with van der Waals surface area (Å²) in [4.78, 5) is 12.5. The van der Waals surface area contributed by atoms with Crippen LogP contribution >= 0.6 is 23.4 Å². The fourth-order valence-electron chi connectivity index (χ4n) is 2.95. The Labute approximate surface area is 174 Å². The van der Waals surface area contributed by atoms with Crippen molar-refractivity contribution in [1.29, 1.82) is 0 Å². The van der Waals surface area contributed by atoms with Gasteiger partial charge in [-0.05, 0) is 36.2 Å². The number of benzene rings is 2. The van der Waals surface area contributed by atoms with Crippen LogP contribution in [0.25, 0.3) is 11.4 Å². The van der Waals surface area contributed by atoms with E-state index in [1.54, 1.807) is 0 Å². The number of hydrogen-bond acceptors (Lipinski definition) is 4. The minimum Gasteiger partial charge on any atom is -0.349 e. The first kappa shape index (κ1) is 20.4. The molecule has 2 aromatic carbocycles. The highest BCUT2D eigenvalue weighted by Gasteiger charge is 2.16. The van der Waals surface area contributed by atoms with Gasteiger partial charge in [-0.3, -0.25) is 4.79 Å². The van der Waals surface area contributed by atoms with Gasteiger partial charge < -0.3 is 9.88 Å². The fraction of sp³-hybridized carbons (Fsp3) is 0.286. The van der Waals surface area contributed by atoms with E-state index >= 15 is 0 Å². The Hall–Kier alpha value is -2.31. The van der Waals surface area contributed by atoms with Crippen LogP contribution in [0.15, 0.2) is 59.8 Å². The third-order valence-electron chi connectivity index (χ3n) is 4.38. The Kier molecular flexibility index (Phi) is 7.12. The maximum absolute atomic E-state index is 12.5. The molecule has 7 heteroatoms. The summed E-state index contributed by atoms with van der Waals surface area (Å²) >= 11 is 7.33. The number of nitrogens with one attached hydrogen (secondary N) is 1. The van der Waals surface area contributed by atoms with Crippen molar-refractivity contribution in [3.8, 4) is 11.4 Å². The zero-order valence-corrected chi connectivity index (χ0v) is 17.5. The number of aromatic nitrogens is 3. The molecule has 0 bridgehead atoms. The average molecular weight is 415 g/mol. The topological polar surface area (TPSA) is 59.8 Å². The van der Waals surface area contributed by atoms with Crippen molar-refractivity contribution in [2.45, 2.75) is 31.0 Å². The van der Waals surface area contributed by atoms with Gasteiger partial charge in [0.1, 0.15) is 0 Å². The van der Waals surface area contributed by atoms with Gasteiger partial charge in [0.2, 0.25) is 5.91 Å². The molecule has 146 valence electrons. The van der Waals surface area contributed by atoms with Gasteiger partial charge in [0.05, 0.1) is 11.8 Å². The summed E-state index contributed by atoms with van der Waals surface area (Å²) in [5.41, 5.74) is 2.06. The number of nitrogens with zero attached hydrogens (tertiary/aromatic N) is 3. The molecule has 3 aromatic rings. The molecule has 0 saturated heterocycles. The molecule has 1 heterocycles. The largest absolute Gasteiger partial charge is 0.349 e. The highest BCUT2D eigenvalue weighted by Crippen LogP contribution is 2.24. The van der Waals surface area contributed by atoms with Crippen molar-refractivity contribution < 1.29 is 4.79 Å². The Morgan fingerprint density at radius 1 is 1.14 bits per heavy atom. The highest BCUT2D eigenvalue weighted by molar-refractivity contribution is 7.99. The molecule has 0 fully saturated rings. The van der Waals surface area contributed by atoms with Gasteiger partial charge in [-0.25, -0.2) is 0 Å². The van der Waals surface area contributed by atoms with Crippen LogP contribution < -0.4 is 5.32 Å². The van der Waals surface area contributed by atoms with Crippen LogP contribution in [0.3, 0.4) is 0 Å². The van der Waals surface area contributed by atoms with Crippen molar-refractivity contribution in [2.24, 2.45) is 7.05 Å². The number of amides is 1. The smallest absolute Gasteiger partial charge is 0.230 e. The Balaban J connectivity index is 1.62. The van der Waals surface area contributed by atoms with Gasteiger partial charge in [0, 0.05) is 17.6 Å². The van der Waals surface area contributed by atoms with E-state index in [4.69, 9.17) is 11.6 Å². The van der Waals surface area contributed by atoms with Crippen molar-refractivity contribution in [3.63, 3.8) is 0 Å². The molecule has 1 atom stereocenters. The minimum absolute atomic E-state index is 0.0108. The molecule has 1 amide bonds. The first-order chi connectivity index (χ1) is 13.6. The summed E-state index contributed by atoms with van der Waals surface area (Å²) in [5.74, 6) is 1.02. The minimum atomic E-state index is -0.0108. The van der Waals surface area contributed by atoms with Crippen LogP contribution in [0, 0.1) is 0 Å². The zero-order valence-electron chi connectivity index (χ0n) is 15.9. The quantitative estimate of drug-likeness (QED) is 0.533. The molecule has 0 unspecified atom stereocenters. The van der Waals surface area contributed by atoms with Gasteiger partial charge in [-0.2, -0.15) is 0 Å². The zero-order chi connectivity index (χ0) is 19.9. The Bertz CT molecular complexity index is 912. The highest BCUT2D eigenvalue weighted by atomic mass is 35.5. The number of rotatable bonds is 8. The summed E-state index contributed by atoms with van der Waals surface area (Å²) in [6, 6.07) is 17.6. The number of carbonyl (C=O) groups is 1. The lowest BCUT2D eigenvalue weighted by Gasteiger charge is -2.18. The molecule has 1 aromatic heterocycles. The second-order valence-corrected chi connectivity index (χ2v) is 7.86. The predicted molar refractivity (Wildman–Crippen MR) is 114 cm³/mol. The number of carbonyl (C=O) groups excluding carboxylic acids is 1. The molecule has 0 aliphatic heterocycles. The van der Waals surface area contributed by atoms with E-state index in [-0.39, 0.29) is 11.9 Å². The third-order valence-corrected chi connectivity index (χ3v) is 5.66. The molecule has 0 radical (unpaired) electrons. The summed E-state index contributed by atoms with van der Waals surface area (Å²) in [5, 5.41) is 13.0. The molecule has 0 aliphatic carbocycles. The van der Waals surface area contributed by atoms with Crippen LogP contribution in [-0.4, -0.2) is 26.4 Å². The van der Waals surface area contributed by atoms with E-state index < -0.39 is 0 Å². The van der Waals surface area contributed by atoms with Crippen LogP contribution in [0.1, 0.15) is 31.4 Å². The summed E-state index contributed by atoms with van der Waals surface area (Å²) in [6.07, 6.45) is 1.91. The van der Waals surface area contributed by atoms with E-state index in [1.807, 2.05) is 54.1 Å². The van der Waals surface area contributed by atoms with Gasteiger partial charge in [-0.15, -0.1) is 10.2 Å². The third kappa shape index (κ3) is 5.14. The average Bonchev–Trinajstić information content (AvgIpc) is 3.08. The molecule has 0 aliphatic rings. The summed E-state index contributed by atoms with van der Waals surface area (Å²) < 4.78 is 1.89. The maximum atomic E-state index is 12.5. The van der Waals surface area contributed by atoms with Crippen molar-refractivity contribution in [2.75, 3.05) is 5.75 Å². The van der Waals surface area contributed by atoms with Crippen LogP contribution in [0.4, 0.5) is 0 Å². The van der Waals surface area contributed by atoms with Gasteiger partial charge in [0.15, 0.2) is 11.0 Å². The van der Waals surface area contributed by atoms with E-state index in [1.165, 1.54) is 11.8 Å². The van der Waals surface area contributed by atoms with Gasteiger partial charge in [-0.1, -0.05) is 67.0 Å². The predicted octanol–water partition coefficient (Wildman–Crippen LogP) is 4.89.